The van der Waals surface area contributed by atoms with Crippen LogP contribution in [0.2, 0.25) is 5.02 Å². The molecule has 1 aromatic heterocycles. The molecule has 0 saturated heterocycles. The van der Waals surface area contributed by atoms with Gasteiger partial charge in [0, 0.05) is 21.6 Å². The van der Waals surface area contributed by atoms with Crippen molar-refractivity contribution in [3.05, 3.63) is 51.4 Å². The number of nitrogens with one attached hydrogen (secondary N) is 1. The van der Waals surface area contributed by atoms with Crippen LogP contribution in [0.1, 0.15) is 31.2 Å². The van der Waals surface area contributed by atoms with Gasteiger partial charge in [0.05, 0.1) is 5.51 Å². The molecule has 0 bridgehead atoms. The topological polar surface area (TPSA) is 24.9 Å². The highest BCUT2D eigenvalue weighted by molar-refractivity contribution is 7.09. The van der Waals surface area contributed by atoms with Crippen LogP contribution >= 0.6 is 22.9 Å². The molecule has 2 rings (SSSR count). The maximum Gasteiger partial charge on any atom is 0.0794 e. The molecule has 2 nitrogen and oxygen atoms in total. The summed E-state index contributed by atoms with van der Waals surface area (Å²) < 4.78 is 0. The maximum absolute atomic E-state index is 5.97. The summed E-state index contributed by atoms with van der Waals surface area (Å²) >= 11 is 7.70. The van der Waals surface area contributed by atoms with E-state index in [1.54, 1.807) is 11.3 Å². The molecule has 1 unspecified atom stereocenters. The molecule has 21 heavy (non-hydrogen) atoms. The Balaban J connectivity index is 2.01. The highest BCUT2D eigenvalue weighted by atomic mass is 35.5. The van der Waals surface area contributed by atoms with Gasteiger partial charge in [-0.25, -0.2) is 0 Å². The molecule has 0 amide bonds. The Hall–Kier alpha value is -0.900. The lowest BCUT2D eigenvalue weighted by Gasteiger charge is -2.25. The number of aromatic nitrogens is 1. The van der Waals surface area contributed by atoms with Crippen molar-refractivity contribution in [2.24, 2.45) is 5.92 Å². The van der Waals surface area contributed by atoms with E-state index in [0.717, 1.165) is 24.4 Å². The lowest BCUT2D eigenvalue weighted by molar-refractivity contribution is 0.368. The molecule has 4 heteroatoms. The Labute approximate surface area is 136 Å². The molecule has 2 aromatic rings. The summed E-state index contributed by atoms with van der Waals surface area (Å²) in [5.74, 6) is 0.561. The number of hydrogen-bond acceptors (Lipinski definition) is 3. The first-order valence-corrected chi connectivity index (χ1v) is 8.55. The van der Waals surface area contributed by atoms with Crippen molar-refractivity contribution in [1.82, 2.24) is 10.3 Å². The predicted octanol–water partition coefficient (Wildman–Crippen LogP) is 4.59. The van der Waals surface area contributed by atoms with Gasteiger partial charge in [0.25, 0.3) is 0 Å². The van der Waals surface area contributed by atoms with Gasteiger partial charge in [-0.2, -0.15) is 0 Å². The summed E-state index contributed by atoms with van der Waals surface area (Å²) in [4.78, 5) is 5.53. The number of thiazole rings is 1. The zero-order valence-electron chi connectivity index (χ0n) is 12.9. The summed E-state index contributed by atoms with van der Waals surface area (Å²) in [6.45, 7) is 7.63. The average molecular weight is 323 g/mol. The second kappa shape index (κ2) is 7.39. The molecule has 1 N–H and O–H groups in total. The summed E-state index contributed by atoms with van der Waals surface area (Å²) in [6.07, 6.45) is 4.10. The van der Waals surface area contributed by atoms with Crippen LogP contribution in [-0.4, -0.2) is 17.1 Å². The number of benzene rings is 1. The zero-order chi connectivity index (χ0) is 15.3. The van der Waals surface area contributed by atoms with Gasteiger partial charge >= 0.3 is 0 Å². The van der Waals surface area contributed by atoms with Gasteiger partial charge in [0.1, 0.15) is 0 Å². The van der Waals surface area contributed by atoms with Crippen LogP contribution < -0.4 is 5.32 Å². The zero-order valence-corrected chi connectivity index (χ0v) is 14.5. The molecule has 1 atom stereocenters. The van der Waals surface area contributed by atoms with Gasteiger partial charge in [-0.1, -0.05) is 23.7 Å². The van der Waals surface area contributed by atoms with E-state index < -0.39 is 0 Å². The minimum absolute atomic E-state index is 0.145. The van der Waals surface area contributed by atoms with Crippen molar-refractivity contribution in [2.75, 3.05) is 6.54 Å². The molecular weight excluding hydrogens is 300 g/mol. The van der Waals surface area contributed by atoms with Crippen LogP contribution in [0.15, 0.2) is 36.0 Å². The molecule has 0 aliphatic carbocycles. The number of nitrogens with zero attached hydrogens (tertiary/aromatic N) is 1. The molecule has 0 spiro atoms. The van der Waals surface area contributed by atoms with Gasteiger partial charge in [-0.3, -0.25) is 4.98 Å². The van der Waals surface area contributed by atoms with Crippen LogP contribution in [0.4, 0.5) is 0 Å². The lowest BCUT2D eigenvalue weighted by atomic mass is 9.94. The monoisotopic (exact) mass is 322 g/mol. The van der Waals surface area contributed by atoms with Crippen LogP contribution in [0, 0.1) is 5.92 Å². The summed E-state index contributed by atoms with van der Waals surface area (Å²) in [7, 11) is 0. The molecule has 114 valence electrons. The number of halogens is 1. The van der Waals surface area contributed by atoms with Crippen molar-refractivity contribution in [2.45, 2.75) is 39.2 Å². The fourth-order valence-corrected chi connectivity index (χ4v) is 3.09. The fourth-order valence-electron chi connectivity index (χ4n) is 2.25. The van der Waals surface area contributed by atoms with Crippen LogP contribution in [0.3, 0.4) is 0 Å². The molecule has 0 radical (unpaired) electrons. The Kier molecular flexibility index (Phi) is 5.80. The summed E-state index contributed by atoms with van der Waals surface area (Å²) in [5, 5.41) is 4.42. The van der Waals surface area contributed by atoms with E-state index in [-0.39, 0.29) is 5.54 Å². The van der Waals surface area contributed by atoms with Gasteiger partial charge < -0.3 is 5.32 Å². The third-order valence-electron chi connectivity index (χ3n) is 3.33. The van der Waals surface area contributed by atoms with Crippen molar-refractivity contribution in [1.29, 1.82) is 0 Å². The smallest absolute Gasteiger partial charge is 0.0794 e. The highest BCUT2D eigenvalue weighted by Crippen LogP contribution is 2.19. The van der Waals surface area contributed by atoms with E-state index in [1.165, 1.54) is 10.4 Å². The number of hydrogen-bond donors (Lipinski definition) is 1. The fraction of sp³-hybridized carbons (Fsp3) is 0.471. The Morgan fingerprint density at radius 1 is 1.19 bits per heavy atom. The summed E-state index contributed by atoms with van der Waals surface area (Å²) in [6, 6.07) is 8.19. The molecule has 1 aromatic carbocycles. The van der Waals surface area contributed by atoms with Gasteiger partial charge in [0.15, 0.2) is 0 Å². The Morgan fingerprint density at radius 3 is 2.48 bits per heavy atom. The third-order valence-corrected chi connectivity index (χ3v) is 4.39. The van der Waals surface area contributed by atoms with Crippen molar-refractivity contribution in [3.8, 4) is 0 Å². The molecule has 0 aliphatic rings. The standard InChI is InChI=1S/C17H23ClN2S/c1-17(2,3)20-10-14(9-16-11-19-12-21-16)8-13-4-6-15(18)7-5-13/h4-7,11-12,14,20H,8-10H2,1-3H3. The number of rotatable bonds is 6. The van der Waals surface area contributed by atoms with Crippen molar-refractivity contribution >= 4 is 22.9 Å². The lowest BCUT2D eigenvalue weighted by Crippen LogP contribution is -2.40. The SMILES string of the molecule is CC(C)(C)NCC(Cc1ccc(Cl)cc1)Cc1cncs1. The first kappa shape index (κ1) is 16.5. The van der Waals surface area contributed by atoms with E-state index in [1.807, 2.05) is 23.8 Å². The Bertz CT molecular complexity index is 529. The molecule has 0 saturated carbocycles. The minimum Gasteiger partial charge on any atom is -0.312 e. The van der Waals surface area contributed by atoms with Crippen LogP contribution in [0.5, 0.6) is 0 Å². The highest BCUT2D eigenvalue weighted by Gasteiger charge is 2.16. The molecular formula is C17H23ClN2S. The third kappa shape index (κ3) is 6.16. The van der Waals surface area contributed by atoms with Gasteiger partial charge in [0.2, 0.25) is 0 Å². The van der Waals surface area contributed by atoms with E-state index >= 15 is 0 Å². The predicted molar refractivity (Wildman–Crippen MR) is 92.2 cm³/mol. The Morgan fingerprint density at radius 2 is 1.90 bits per heavy atom. The van der Waals surface area contributed by atoms with Crippen molar-refractivity contribution < 1.29 is 0 Å². The second-order valence-electron chi connectivity index (χ2n) is 6.50. The molecule has 1 heterocycles. The molecule has 0 fully saturated rings. The van der Waals surface area contributed by atoms with Gasteiger partial charge in [-0.05, 0) is 63.8 Å². The molecule has 0 aliphatic heterocycles. The maximum atomic E-state index is 5.97. The first-order valence-electron chi connectivity index (χ1n) is 7.29. The average Bonchev–Trinajstić information content (AvgIpc) is 2.91. The van der Waals surface area contributed by atoms with E-state index in [4.69, 9.17) is 11.6 Å². The van der Waals surface area contributed by atoms with E-state index in [0.29, 0.717) is 5.92 Å². The van der Waals surface area contributed by atoms with E-state index in [9.17, 15) is 0 Å². The quantitative estimate of drug-likeness (QED) is 0.841. The summed E-state index contributed by atoms with van der Waals surface area (Å²) in [5.41, 5.74) is 3.39. The van der Waals surface area contributed by atoms with Crippen molar-refractivity contribution in [3.63, 3.8) is 0 Å². The normalized spacial score (nSPS) is 13.3. The second-order valence-corrected chi connectivity index (χ2v) is 7.91. The van der Waals surface area contributed by atoms with Crippen LogP contribution in [0.25, 0.3) is 0 Å². The first-order chi connectivity index (χ1) is 9.92. The van der Waals surface area contributed by atoms with E-state index in [2.05, 4.69) is 43.2 Å². The largest absolute Gasteiger partial charge is 0.312 e. The van der Waals surface area contributed by atoms with Gasteiger partial charge in [-0.15, -0.1) is 11.3 Å². The minimum atomic E-state index is 0.145. The van der Waals surface area contributed by atoms with Crippen LogP contribution in [-0.2, 0) is 12.8 Å².